The lowest BCUT2D eigenvalue weighted by atomic mass is 10.1. The summed E-state index contributed by atoms with van der Waals surface area (Å²) in [6.45, 7) is 4.08. The number of carbonyl (C=O) groups is 1. The van der Waals surface area contributed by atoms with Gasteiger partial charge in [-0.25, -0.2) is 0 Å². The van der Waals surface area contributed by atoms with E-state index in [0.29, 0.717) is 31.9 Å². The first kappa shape index (κ1) is 14.2. The molecule has 0 aromatic heterocycles. The van der Waals surface area contributed by atoms with Crippen LogP contribution in [0.5, 0.6) is 0 Å². The molecule has 6 heteroatoms. The lowest BCUT2D eigenvalue weighted by Gasteiger charge is -2.27. The van der Waals surface area contributed by atoms with Crippen molar-refractivity contribution in [2.24, 2.45) is 0 Å². The number of benzene rings is 1. The fourth-order valence-electron chi connectivity index (χ4n) is 2.02. The number of amides is 1. The molecule has 1 amide bonds. The summed E-state index contributed by atoms with van der Waals surface area (Å²) in [6, 6.07) is 6.12. The minimum atomic E-state index is -0.445. The lowest BCUT2D eigenvalue weighted by molar-refractivity contribution is -0.384. The van der Waals surface area contributed by atoms with Gasteiger partial charge in [0.1, 0.15) is 0 Å². The van der Waals surface area contributed by atoms with Crippen molar-refractivity contribution < 1.29 is 14.5 Å². The Morgan fingerprint density at radius 3 is 2.45 bits per heavy atom. The maximum absolute atomic E-state index is 12.2. The molecule has 1 aliphatic rings. The number of hydrogen-bond donors (Lipinski definition) is 0. The van der Waals surface area contributed by atoms with Gasteiger partial charge in [-0.1, -0.05) is 0 Å². The molecule has 1 heterocycles. The number of carbonyl (C=O) groups excluding carboxylic acids is 1. The minimum Gasteiger partial charge on any atom is -0.378 e. The van der Waals surface area contributed by atoms with Crippen LogP contribution < -0.4 is 0 Å². The first-order valence-electron chi connectivity index (χ1n) is 6.38. The summed E-state index contributed by atoms with van der Waals surface area (Å²) >= 11 is 0. The van der Waals surface area contributed by atoms with Gasteiger partial charge in [-0.15, -0.1) is 0 Å². The molecule has 0 radical (unpaired) electrons. The van der Waals surface area contributed by atoms with Crippen LogP contribution >= 0.6 is 0 Å². The highest BCUT2D eigenvalue weighted by atomic mass is 16.6. The van der Waals surface area contributed by atoms with Crippen LogP contribution in [0.2, 0.25) is 0 Å². The van der Waals surface area contributed by atoms with Crippen LogP contribution in [0.15, 0.2) is 29.8 Å². The maximum Gasteiger partial charge on any atom is 0.269 e. The molecule has 2 rings (SSSR count). The molecule has 1 fully saturated rings. The van der Waals surface area contributed by atoms with E-state index in [4.69, 9.17) is 4.74 Å². The summed E-state index contributed by atoms with van der Waals surface area (Å²) < 4.78 is 5.21. The average Bonchev–Trinajstić information content (AvgIpc) is 2.48. The SMILES string of the molecule is CC(=Cc1ccc([N+](=O)[O-])cc1)C(=O)N1CCOCC1. The van der Waals surface area contributed by atoms with Crippen LogP contribution in [0.1, 0.15) is 12.5 Å². The summed E-state index contributed by atoms with van der Waals surface area (Å²) in [4.78, 5) is 24.0. The fourth-order valence-corrected chi connectivity index (χ4v) is 2.02. The van der Waals surface area contributed by atoms with Crippen molar-refractivity contribution in [1.29, 1.82) is 0 Å². The molecule has 1 saturated heterocycles. The zero-order chi connectivity index (χ0) is 14.5. The van der Waals surface area contributed by atoms with Crippen molar-refractivity contribution in [3.63, 3.8) is 0 Å². The van der Waals surface area contributed by atoms with E-state index in [0.717, 1.165) is 5.56 Å². The lowest BCUT2D eigenvalue weighted by Crippen LogP contribution is -2.41. The van der Waals surface area contributed by atoms with E-state index in [-0.39, 0.29) is 11.6 Å². The zero-order valence-corrected chi connectivity index (χ0v) is 11.2. The van der Waals surface area contributed by atoms with E-state index in [1.54, 1.807) is 30.0 Å². The number of nitrogens with zero attached hydrogens (tertiary/aromatic N) is 2. The first-order chi connectivity index (χ1) is 9.58. The van der Waals surface area contributed by atoms with Gasteiger partial charge in [0, 0.05) is 30.8 Å². The van der Waals surface area contributed by atoms with E-state index in [1.165, 1.54) is 12.1 Å². The quantitative estimate of drug-likeness (QED) is 0.480. The largest absolute Gasteiger partial charge is 0.378 e. The van der Waals surface area contributed by atoms with Gasteiger partial charge in [-0.05, 0) is 30.7 Å². The second-order valence-corrected chi connectivity index (χ2v) is 4.58. The number of ether oxygens (including phenoxy) is 1. The first-order valence-corrected chi connectivity index (χ1v) is 6.38. The number of nitro benzene ring substituents is 1. The molecule has 1 aromatic rings. The predicted octanol–water partition coefficient (Wildman–Crippen LogP) is 1.86. The predicted molar refractivity (Wildman–Crippen MR) is 74.1 cm³/mol. The Morgan fingerprint density at radius 1 is 1.30 bits per heavy atom. The Hall–Kier alpha value is -2.21. The van der Waals surface area contributed by atoms with Crippen LogP contribution in [0.4, 0.5) is 5.69 Å². The maximum atomic E-state index is 12.2. The normalized spacial score (nSPS) is 16.1. The number of morpholine rings is 1. The van der Waals surface area contributed by atoms with Crippen LogP contribution in [0.25, 0.3) is 6.08 Å². The molecule has 0 aliphatic carbocycles. The van der Waals surface area contributed by atoms with Crippen LogP contribution in [0, 0.1) is 10.1 Å². The third-order valence-corrected chi connectivity index (χ3v) is 3.12. The van der Waals surface area contributed by atoms with Gasteiger partial charge >= 0.3 is 0 Å². The molecule has 0 saturated carbocycles. The molecule has 20 heavy (non-hydrogen) atoms. The topological polar surface area (TPSA) is 72.7 Å². The Kier molecular flexibility index (Phi) is 4.47. The molecule has 0 N–H and O–H groups in total. The summed E-state index contributed by atoms with van der Waals surface area (Å²) in [7, 11) is 0. The van der Waals surface area contributed by atoms with Crippen LogP contribution in [0.3, 0.4) is 0 Å². The molecule has 0 unspecified atom stereocenters. The zero-order valence-electron chi connectivity index (χ0n) is 11.2. The third kappa shape index (κ3) is 3.42. The van der Waals surface area contributed by atoms with Crippen molar-refractivity contribution in [3.8, 4) is 0 Å². The average molecular weight is 276 g/mol. The van der Waals surface area contributed by atoms with Gasteiger partial charge < -0.3 is 9.64 Å². The van der Waals surface area contributed by atoms with Crippen molar-refractivity contribution in [2.75, 3.05) is 26.3 Å². The monoisotopic (exact) mass is 276 g/mol. The smallest absolute Gasteiger partial charge is 0.269 e. The van der Waals surface area contributed by atoms with Crippen molar-refractivity contribution in [3.05, 3.63) is 45.5 Å². The van der Waals surface area contributed by atoms with Gasteiger partial charge in [0.2, 0.25) is 5.91 Å². The summed E-state index contributed by atoms with van der Waals surface area (Å²) in [5.74, 6) is -0.0216. The van der Waals surface area contributed by atoms with Gasteiger partial charge in [0.25, 0.3) is 5.69 Å². The summed E-state index contributed by atoms with van der Waals surface area (Å²) in [5.41, 5.74) is 1.43. The molecule has 106 valence electrons. The highest BCUT2D eigenvalue weighted by Crippen LogP contribution is 2.15. The fraction of sp³-hybridized carbons (Fsp3) is 0.357. The molecule has 0 atom stereocenters. The van der Waals surface area contributed by atoms with E-state index >= 15 is 0 Å². The Balaban J connectivity index is 2.08. The highest BCUT2D eigenvalue weighted by molar-refractivity contribution is 5.97. The second-order valence-electron chi connectivity index (χ2n) is 4.58. The van der Waals surface area contributed by atoms with Gasteiger partial charge in [0.15, 0.2) is 0 Å². The molecular formula is C14H16N2O4. The van der Waals surface area contributed by atoms with Crippen molar-refractivity contribution in [2.45, 2.75) is 6.92 Å². The highest BCUT2D eigenvalue weighted by Gasteiger charge is 2.17. The van der Waals surface area contributed by atoms with Crippen LogP contribution in [-0.2, 0) is 9.53 Å². The van der Waals surface area contributed by atoms with Gasteiger partial charge in [0.05, 0.1) is 18.1 Å². The van der Waals surface area contributed by atoms with E-state index < -0.39 is 4.92 Å². The standard InChI is InChI=1S/C14H16N2O4/c1-11(14(17)15-6-8-20-9-7-15)10-12-2-4-13(5-3-12)16(18)19/h2-5,10H,6-9H2,1H3. The van der Waals surface area contributed by atoms with E-state index in [1.807, 2.05) is 0 Å². The number of non-ortho nitro benzene ring substituents is 1. The van der Waals surface area contributed by atoms with Crippen LogP contribution in [-0.4, -0.2) is 42.0 Å². The number of rotatable bonds is 3. The molecule has 6 nitrogen and oxygen atoms in total. The Morgan fingerprint density at radius 2 is 1.90 bits per heavy atom. The molecule has 1 aliphatic heterocycles. The Labute approximate surface area is 116 Å². The van der Waals surface area contributed by atoms with E-state index in [9.17, 15) is 14.9 Å². The molecule has 1 aromatic carbocycles. The summed E-state index contributed by atoms with van der Waals surface area (Å²) in [5, 5.41) is 10.6. The van der Waals surface area contributed by atoms with Gasteiger partial charge in [-0.2, -0.15) is 0 Å². The van der Waals surface area contributed by atoms with Gasteiger partial charge in [-0.3, -0.25) is 14.9 Å². The summed E-state index contributed by atoms with van der Waals surface area (Å²) in [6.07, 6.45) is 1.74. The molecule has 0 spiro atoms. The number of nitro groups is 1. The van der Waals surface area contributed by atoms with Crippen molar-refractivity contribution in [1.82, 2.24) is 4.90 Å². The third-order valence-electron chi connectivity index (χ3n) is 3.12. The number of hydrogen-bond acceptors (Lipinski definition) is 4. The molecule has 0 bridgehead atoms. The van der Waals surface area contributed by atoms with E-state index in [2.05, 4.69) is 0 Å². The molecular weight excluding hydrogens is 260 g/mol. The Bertz CT molecular complexity index is 531. The minimum absolute atomic E-state index is 0.0216. The second kappa shape index (κ2) is 6.29. The van der Waals surface area contributed by atoms with Crippen molar-refractivity contribution >= 4 is 17.7 Å².